The van der Waals surface area contributed by atoms with Crippen LogP contribution in [0.5, 0.6) is 0 Å². The molecule has 4 rings (SSSR count). The minimum absolute atomic E-state index is 0.0392. The predicted molar refractivity (Wildman–Crippen MR) is 85.6 cm³/mol. The number of sulfonamides is 1. The summed E-state index contributed by atoms with van der Waals surface area (Å²) in [6, 6.07) is 8.40. The normalized spacial score (nSPS) is 24.3. The fourth-order valence-electron chi connectivity index (χ4n) is 3.23. The zero-order valence-corrected chi connectivity index (χ0v) is 13.8. The van der Waals surface area contributed by atoms with Crippen molar-refractivity contribution in [2.45, 2.75) is 10.9 Å². The molecule has 2 aliphatic rings. The lowest BCUT2D eigenvalue weighted by Gasteiger charge is -2.43. The molecule has 3 heterocycles. The van der Waals surface area contributed by atoms with E-state index in [-0.39, 0.29) is 17.9 Å². The SMILES string of the molecule is O=C(c1cscn1)N1C[C@H]2CN(S(=O)(=O)c3ccccc3)C[C@H]21. The van der Waals surface area contributed by atoms with E-state index in [1.165, 1.54) is 15.6 Å². The number of thiazole rings is 1. The van der Waals surface area contributed by atoms with Gasteiger partial charge in [0, 0.05) is 30.9 Å². The molecule has 8 heteroatoms. The molecule has 2 aromatic rings. The lowest BCUT2D eigenvalue weighted by atomic mass is 9.92. The van der Waals surface area contributed by atoms with E-state index in [0.717, 1.165) is 0 Å². The Morgan fingerprint density at radius 3 is 2.65 bits per heavy atom. The van der Waals surface area contributed by atoms with Gasteiger partial charge in [0.05, 0.1) is 16.4 Å². The number of benzene rings is 1. The Bertz CT molecular complexity index is 821. The maximum Gasteiger partial charge on any atom is 0.273 e. The molecule has 1 aromatic heterocycles. The first-order valence-electron chi connectivity index (χ1n) is 7.32. The molecule has 2 aliphatic heterocycles. The van der Waals surface area contributed by atoms with Gasteiger partial charge < -0.3 is 4.90 Å². The Balaban J connectivity index is 1.51. The van der Waals surface area contributed by atoms with Gasteiger partial charge in [0.1, 0.15) is 5.69 Å². The summed E-state index contributed by atoms with van der Waals surface area (Å²) in [7, 11) is -3.49. The van der Waals surface area contributed by atoms with Crippen molar-refractivity contribution in [3.8, 4) is 0 Å². The highest BCUT2D eigenvalue weighted by atomic mass is 32.2. The summed E-state index contributed by atoms with van der Waals surface area (Å²) in [6.45, 7) is 1.43. The molecule has 0 spiro atoms. The van der Waals surface area contributed by atoms with Gasteiger partial charge in [0.15, 0.2) is 0 Å². The summed E-state index contributed by atoms with van der Waals surface area (Å²) >= 11 is 1.38. The number of aromatic nitrogens is 1. The monoisotopic (exact) mass is 349 g/mol. The Labute approximate surface area is 138 Å². The van der Waals surface area contributed by atoms with Crippen molar-refractivity contribution in [2.75, 3.05) is 19.6 Å². The molecular weight excluding hydrogens is 334 g/mol. The van der Waals surface area contributed by atoms with Crippen molar-refractivity contribution >= 4 is 27.3 Å². The summed E-state index contributed by atoms with van der Waals surface area (Å²) < 4.78 is 26.8. The third-order valence-electron chi connectivity index (χ3n) is 4.50. The van der Waals surface area contributed by atoms with E-state index in [1.54, 1.807) is 46.1 Å². The summed E-state index contributed by atoms with van der Waals surface area (Å²) in [5.74, 6) is 0.113. The summed E-state index contributed by atoms with van der Waals surface area (Å²) in [5.41, 5.74) is 2.07. The number of fused-ring (bicyclic) bond motifs is 1. The molecule has 120 valence electrons. The van der Waals surface area contributed by atoms with E-state index < -0.39 is 10.0 Å². The Morgan fingerprint density at radius 1 is 1.17 bits per heavy atom. The molecule has 0 saturated carbocycles. The fourth-order valence-corrected chi connectivity index (χ4v) is 5.30. The van der Waals surface area contributed by atoms with Gasteiger partial charge in [-0.2, -0.15) is 4.31 Å². The second-order valence-electron chi connectivity index (χ2n) is 5.79. The third-order valence-corrected chi connectivity index (χ3v) is 6.93. The average Bonchev–Trinajstić information content (AvgIpc) is 3.17. The van der Waals surface area contributed by atoms with Crippen LogP contribution < -0.4 is 0 Å². The van der Waals surface area contributed by atoms with Crippen LogP contribution in [-0.4, -0.2) is 54.2 Å². The minimum atomic E-state index is -3.49. The molecular formula is C15H15N3O3S2. The van der Waals surface area contributed by atoms with Crippen LogP contribution in [0.25, 0.3) is 0 Å². The van der Waals surface area contributed by atoms with Gasteiger partial charge in [0.25, 0.3) is 5.91 Å². The summed E-state index contributed by atoms with van der Waals surface area (Å²) in [4.78, 5) is 18.4. The predicted octanol–water partition coefficient (Wildman–Crippen LogP) is 1.29. The lowest BCUT2D eigenvalue weighted by molar-refractivity contribution is 0.0322. The van der Waals surface area contributed by atoms with E-state index in [4.69, 9.17) is 0 Å². The molecule has 0 N–H and O–H groups in total. The van der Waals surface area contributed by atoms with Gasteiger partial charge in [-0.3, -0.25) is 4.79 Å². The number of hydrogen-bond acceptors (Lipinski definition) is 5. The molecule has 0 unspecified atom stereocenters. The Morgan fingerprint density at radius 2 is 1.96 bits per heavy atom. The first-order valence-corrected chi connectivity index (χ1v) is 9.70. The van der Waals surface area contributed by atoms with Crippen LogP contribution in [0.3, 0.4) is 0 Å². The van der Waals surface area contributed by atoms with Gasteiger partial charge >= 0.3 is 0 Å². The molecule has 23 heavy (non-hydrogen) atoms. The number of rotatable bonds is 3. The summed E-state index contributed by atoms with van der Waals surface area (Å²) in [5, 5.41) is 1.73. The van der Waals surface area contributed by atoms with Crippen molar-refractivity contribution in [1.82, 2.24) is 14.2 Å². The molecule has 0 radical (unpaired) electrons. The highest BCUT2D eigenvalue weighted by Crippen LogP contribution is 2.36. The van der Waals surface area contributed by atoms with E-state index in [9.17, 15) is 13.2 Å². The molecule has 1 amide bonds. The van der Waals surface area contributed by atoms with Crippen molar-refractivity contribution in [3.63, 3.8) is 0 Å². The highest BCUT2D eigenvalue weighted by molar-refractivity contribution is 7.89. The van der Waals surface area contributed by atoms with Gasteiger partial charge in [-0.15, -0.1) is 11.3 Å². The first-order chi connectivity index (χ1) is 11.1. The van der Waals surface area contributed by atoms with Crippen LogP contribution >= 0.6 is 11.3 Å². The van der Waals surface area contributed by atoms with Crippen molar-refractivity contribution < 1.29 is 13.2 Å². The third kappa shape index (κ3) is 2.37. The Kier molecular flexibility index (Phi) is 3.47. The molecule has 0 aliphatic carbocycles. The second-order valence-corrected chi connectivity index (χ2v) is 8.45. The number of nitrogens with zero attached hydrogens (tertiary/aromatic N) is 3. The lowest BCUT2D eigenvalue weighted by Crippen LogP contribution is -2.58. The van der Waals surface area contributed by atoms with Crippen LogP contribution in [0.4, 0.5) is 0 Å². The smallest absolute Gasteiger partial charge is 0.273 e. The molecule has 2 fully saturated rings. The average molecular weight is 349 g/mol. The Hall–Kier alpha value is -1.77. The molecule has 2 atom stereocenters. The fraction of sp³-hybridized carbons (Fsp3) is 0.333. The van der Waals surface area contributed by atoms with Crippen molar-refractivity contribution in [3.05, 3.63) is 46.9 Å². The largest absolute Gasteiger partial charge is 0.332 e. The standard InChI is InChI=1S/C15H15N3O3S2/c19-15(13-9-22-10-16-13)18-7-11-6-17(8-14(11)18)23(20,21)12-4-2-1-3-5-12/h1-5,9-11,14H,6-8H2/t11-,14-/m1/s1. The first kappa shape index (κ1) is 14.8. The van der Waals surface area contributed by atoms with E-state index in [0.29, 0.717) is 30.2 Å². The molecule has 2 saturated heterocycles. The zero-order chi connectivity index (χ0) is 16.0. The molecule has 1 aromatic carbocycles. The maximum absolute atomic E-state index is 12.7. The highest BCUT2D eigenvalue weighted by Gasteiger charge is 2.51. The number of amides is 1. The number of carbonyl (C=O) groups excluding carboxylic acids is 1. The van der Waals surface area contributed by atoms with Gasteiger partial charge in [-0.05, 0) is 12.1 Å². The quantitative estimate of drug-likeness (QED) is 0.837. The van der Waals surface area contributed by atoms with Crippen LogP contribution in [0.15, 0.2) is 46.1 Å². The van der Waals surface area contributed by atoms with Crippen LogP contribution in [0.2, 0.25) is 0 Å². The van der Waals surface area contributed by atoms with Crippen LogP contribution in [-0.2, 0) is 10.0 Å². The van der Waals surface area contributed by atoms with E-state index in [1.807, 2.05) is 0 Å². The van der Waals surface area contributed by atoms with Crippen molar-refractivity contribution in [1.29, 1.82) is 0 Å². The van der Waals surface area contributed by atoms with Crippen molar-refractivity contribution in [2.24, 2.45) is 5.92 Å². The van der Waals surface area contributed by atoms with Crippen LogP contribution in [0, 0.1) is 5.92 Å². The van der Waals surface area contributed by atoms with Gasteiger partial charge in [-0.1, -0.05) is 18.2 Å². The van der Waals surface area contributed by atoms with Gasteiger partial charge in [-0.25, -0.2) is 13.4 Å². The second kappa shape index (κ2) is 5.40. The van der Waals surface area contributed by atoms with Crippen LogP contribution in [0.1, 0.15) is 10.5 Å². The topological polar surface area (TPSA) is 70.6 Å². The van der Waals surface area contributed by atoms with Gasteiger partial charge in [0.2, 0.25) is 10.0 Å². The maximum atomic E-state index is 12.7. The van der Waals surface area contributed by atoms with E-state index >= 15 is 0 Å². The van der Waals surface area contributed by atoms with E-state index in [2.05, 4.69) is 4.98 Å². The zero-order valence-electron chi connectivity index (χ0n) is 12.2. The number of carbonyl (C=O) groups is 1. The number of hydrogen-bond donors (Lipinski definition) is 0. The summed E-state index contributed by atoms with van der Waals surface area (Å²) in [6.07, 6.45) is 0. The molecule has 0 bridgehead atoms. The minimum Gasteiger partial charge on any atom is -0.332 e. The number of likely N-dealkylation sites (tertiary alicyclic amines) is 1. The molecule has 6 nitrogen and oxygen atoms in total.